The minimum Gasteiger partial charge on any atom is -0.490 e. The molecule has 0 aliphatic carbocycles. The summed E-state index contributed by atoms with van der Waals surface area (Å²) in [5, 5.41) is 10.1. The van der Waals surface area contributed by atoms with E-state index in [9.17, 15) is 5.11 Å². The minimum atomic E-state index is -0.668. The molecule has 0 heterocycles. The van der Waals surface area contributed by atoms with Crippen molar-refractivity contribution in [1.82, 2.24) is 0 Å². The van der Waals surface area contributed by atoms with E-state index in [1.165, 1.54) is 0 Å². The summed E-state index contributed by atoms with van der Waals surface area (Å²) in [6, 6.07) is 13.0. The summed E-state index contributed by atoms with van der Waals surface area (Å²) in [4.78, 5) is 0. The lowest BCUT2D eigenvalue weighted by Gasteiger charge is -2.14. The molecule has 0 aliphatic heterocycles. The number of halogens is 1. The van der Waals surface area contributed by atoms with Crippen LogP contribution in [0.2, 0.25) is 0 Å². The van der Waals surface area contributed by atoms with E-state index in [0.717, 1.165) is 21.3 Å². The molecule has 3 nitrogen and oxygen atoms in total. The molecule has 19 heavy (non-hydrogen) atoms. The van der Waals surface area contributed by atoms with E-state index in [0.29, 0.717) is 5.69 Å². The Bertz CT molecular complexity index is 555. The van der Waals surface area contributed by atoms with Gasteiger partial charge in [-0.3, -0.25) is 0 Å². The monoisotopic (exact) mass is 321 g/mol. The largest absolute Gasteiger partial charge is 0.490 e. The van der Waals surface area contributed by atoms with E-state index < -0.39 is 6.10 Å². The number of anilines is 1. The fourth-order valence-electron chi connectivity index (χ4n) is 1.71. The smallest absolute Gasteiger partial charge is 0.123 e. The van der Waals surface area contributed by atoms with Gasteiger partial charge in [0.1, 0.15) is 18.5 Å². The summed E-state index contributed by atoms with van der Waals surface area (Å²) >= 11 is 3.40. The fourth-order valence-corrected chi connectivity index (χ4v) is 2.05. The fraction of sp³-hybridized carbons (Fsp3) is 0.200. The van der Waals surface area contributed by atoms with Crippen LogP contribution >= 0.6 is 15.9 Å². The van der Waals surface area contributed by atoms with E-state index in [1.54, 1.807) is 24.3 Å². The lowest BCUT2D eigenvalue weighted by Crippen LogP contribution is -2.10. The molecule has 2 aromatic carbocycles. The Hall–Kier alpha value is -1.52. The summed E-state index contributed by atoms with van der Waals surface area (Å²) in [5.74, 6) is 0.767. The van der Waals surface area contributed by atoms with Crippen LogP contribution in [0.25, 0.3) is 0 Å². The van der Waals surface area contributed by atoms with Crippen molar-refractivity contribution in [3.8, 4) is 5.75 Å². The maximum absolute atomic E-state index is 10.1. The maximum Gasteiger partial charge on any atom is 0.123 e. The van der Waals surface area contributed by atoms with Crippen LogP contribution in [-0.4, -0.2) is 11.7 Å². The molecule has 0 amide bonds. The Morgan fingerprint density at radius 1 is 1.21 bits per heavy atom. The van der Waals surface area contributed by atoms with Crippen molar-refractivity contribution in [2.24, 2.45) is 0 Å². The molecule has 4 heteroatoms. The van der Waals surface area contributed by atoms with E-state index in [1.807, 2.05) is 25.1 Å². The van der Waals surface area contributed by atoms with Crippen LogP contribution in [0.5, 0.6) is 5.75 Å². The highest BCUT2D eigenvalue weighted by atomic mass is 79.9. The van der Waals surface area contributed by atoms with E-state index >= 15 is 0 Å². The number of hydrogen-bond acceptors (Lipinski definition) is 3. The molecule has 0 aromatic heterocycles. The topological polar surface area (TPSA) is 55.5 Å². The highest BCUT2D eigenvalue weighted by Crippen LogP contribution is 2.24. The van der Waals surface area contributed by atoms with Crippen LogP contribution in [0.1, 0.15) is 17.2 Å². The second kappa shape index (κ2) is 6.08. The van der Waals surface area contributed by atoms with E-state index in [4.69, 9.17) is 10.5 Å². The van der Waals surface area contributed by atoms with Gasteiger partial charge in [-0.1, -0.05) is 34.1 Å². The summed E-state index contributed by atoms with van der Waals surface area (Å²) in [7, 11) is 0. The standard InChI is InChI=1S/C15H16BrNO2/c1-10-2-5-12(16)8-15(10)19-9-14(18)11-3-6-13(17)7-4-11/h2-8,14,18H,9,17H2,1H3. The number of aliphatic hydroxyl groups is 1. The molecule has 0 saturated carbocycles. The Labute approximate surface area is 121 Å². The van der Waals surface area contributed by atoms with Gasteiger partial charge in [-0.15, -0.1) is 0 Å². The highest BCUT2D eigenvalue weighted by Gasteiger charge is 2.09. The molecule has 0 radical (unpaired) electrons. The first-order chi connectivity index (χ1) is 9.06. The van der Waals surface area contributed by atoms with Crippen molar-refractivity contribution in [3.63, 3.8) is 0 Å². The van der Waals surface area contributed by atoms with Crippen LogP contribution in [0.4, 0.5) is 5.69 Å². The lowest BCUT2D eigenvalue weighted by molar-refractivity contribution is 0.108. The summed E-state index contributed by atoms with van der Waals surface area (Å²) in [5.41, 5.74) is 8.12. The summed E-state index contributed by atoms with van der Waals surface area (Å²) in [6.45, 7) is 2.18. The average Bonchev–Trinajstić information content (AvgIpc) is 2.40. The first-order valence-electron chi connectivity index (χ1n) is 5.98. The molecule has 2 aromatic rings. The van der Waals surface area contributed by atoms with Gasteiger partial charge in [-0.2, -0.15) is 0 Å². The first-order valence-corrected chi connectivity index (χ1v) is 6.78. The number of hydrogen-bond donors (Lipinski definition) is 2. The van der Waals surface area contributed by atoms with Gasteiger partial charge in [0.25, 0.3) is 0 Å². The number of nitrogen functional groups attached to an aromatic ring is 1. The predicted molar refractivity (Wildman–Crippen MR) is 80.2 cm³/mol. The Morgan fingerprint density at radius 2 is 1.89 bits per heavy atom. The molecule has 1 unspecified atom stereocenters. The number of aliphatic hydroxyl groups excluding tert-OH is 1. The SMILES string of the molecule is Cc1ccc(Br)cc1OCC(O)c1ccc(N)cc1. The zero-order valence-corrected chi connectivity index (χ0v) is 12.2. The quantitative estimate of drug-likeness (QED) is 0.848. The third-order valence-corrected chi connectivity index (χ3v) is 3.36. The van der Waals surface area contributed by atoms with Crippen LogP contribution in [0, 0.1) is 6.92 Å². The van der Waals surface area contributed by atoms with Crippen LogP contribution in [0.15, 0.2) is 46.9 Å². The molecular weight excluding hydrogens is 306 g/mol. The third-order valence-electron chi connectivity index (χ3n) is 2.87. The van der Waals surface area contributed by atoms with Crippen molar-refractivity contribution in [1.29, 1.82) is 0 Å². The number of aryl methyl sites for hydroxylation is 1. The van der Waals surface area contributed by atoms with Crippen molar-refractivity contribution < 1.29 is 9.84 Å². The molecule has 1 atom stereocenters. The molecule has 0 bridgehead atoms. The van der Waals surface area contributed by atoms with Crippen LogP contribution in [0.3, 0.4) is 0 Å². The van der Waals surface area contributed by atoms with E-state index in [2.05, 4.69) is 15.9 Å². The zero-order chi connectivity index (χ0) is 13.8. The van der Waals surface area contributed by atoms with Crippen molar-refractivity contribution >= 4 is 21.6 Å². The second-order valence-corrected chi connectivity index (χ2v) is 5.32. The molecule has 100 valence electrons. The summed E-state index contributed by atoms with van der Waals surface area (Å²) in [6.07, 6.45) is -0.668. The van der Waals surface area contributed by atoms with Crippen LogP contribution < -0.4 is 10.5 Å². The second-order valence-electron chi connectivity index (χ2n) is 4.40. The molecule has 3 N–H and O–H groups in total. The minimum absolute atomic E-state index is 0.210. The van der Waals surface area contributed by atoms with Crippen molar-refractivity contribution in [2.45, 2.75) is 13.0 Å². The molecule has 0 spiro atoms. The first kappa shape index (κ1) is 13.9. The van der Waals surface area contributed by atoms with Gasteiger partial charge in [0.2, 0.25) is 0 Å². The predicted octanol–water partition coefficient (Wildman–Crippen LogP) is 3.45. The third kappa shape index (κ3) is 3.72. The molecule has 0 aliphatic rings. The normalized spacial score (nSPS) is 12.2. The van der Waals surface area contributed by atoms with Crippen molar-refractivity contribution in [2.75, 3.05) is 12.3 Å². The van der Waals surface area contributed by atoms with Gasteiger partial charge in [-0.25, -0.2) is 0 Å². The van der Waals surface area contributed by atoms with E-state index in [-0.39, 0.29) is 6.61 Å². The molecule has 2 rings (SSSR count). The molecular formula is C15H16BrNO2. The number of rotatable bonds is 4. The van der Waals surface area contributed by atoms with Gasteiger partial charge in [-0.05, 0) is 42.3 Å². The van der Waals surface area contributed by atoms with Gasteiger partial charge in [0.15, 0.2) is 0 Å². The Morgan fingerprint density at radius 3 is 2.58 bits per heavy atom. The van der Waals surface area contributed by atoms with Gasteiger partial charge < -0.3 is 15.6 Å². The van der Waals surface area contributed by atoms with Gasteiger partial charge in [0.05, 0.1) is 0 Å². The number of ether oxygens (including phenoxy) is 1. The Kier molecular flexibility index (Phi) is 4.45. The Balaban J connectivity index is 2.02. The van der Waals surface area contributed by atoms with Crippen LogP contribution in [-0.2, 0) is 0 Å². The zero-order valence-electron chi connectivity index (χ0n) is 10.6. The average molecular weight is 322 g/mol. The lowest BCUT2D eigenvalue weighted by atomic mass is 10.1. The van der Waals surface area contributed by atoms with Crippen molar-refractivity contribution in [3.05, 3.63) is 58.1 Å². The highest BCUT2D eigenvalue weighted by molar-refractivity contribution is 9.10. The number of nitrogens with two attached hydrogens (primary N) is 1. The molecule has 0 fully saturated rings. The summed E-state index contributed by atoms with van der Waals surface area (Å²) < 4.78 is 6.61. The maximum atomic E-state index is 10.1. The van der Waals surface area contributed by atoms with Gasteiger partial charge >= 0.3 is 0 Å². The molecule has 0 saturated heterocycles. The number of benzene rings is 2. The van der Waals surface area contributed by atoms with Gasteiger partial charge in [0, 0.05) is 10.2 Å².